The number of phosphoric acid groups is 1. The van der Waals surface area contributed by atoms with E-state index in [9.17, 15) is 23.8 Å². The molecule has 0 aromatic carbocycles. The van der Waals surface area contributed by atoms with Gasteiger partial charge in [-0.15, -0.1) is 0 Å². The second-order valence-corrected chi connectivity index (χ2v) is 13.8. The third-order valence-electron chi connectivity index (χ3n) is 7.72. The van der Waals surface area contributed by atoms with Gasteiger partial charge in [0.1, 0.15) is 12.6 Å². The molecule has 0 rings (SSSR count). The van der Waals surface area contributed by atoms with Crippen LogP contribution in [-0.4, -0.2) is 59.9 Å². The quantitative estimate of drug-likeness (QED) is 0.0253. The highest BCUT2D eigenvalue weighted by molar-refractivity contribution is 7.47. The molecule has 0 amide bonds. The summed E-state index contributed by atoms with van der Waals surface area (Å²) < 4.78 is 32.4. The summed E-state index contributed by atoms with van der Waals surface area (Å²) in [6, 6.07) is -1.52. The molecule has 11 nitrogen and oxygen atoms in total. The predicted molar refractivity (Wildman–Crippen MR) is 189 cm³/mol. The van der Waals surface area contributed by atoms with Gasteiger partial charge in [-0.3, -0.25) is 23.4 Å². The van der Waals surface area contributed by atoms with Crippen molar-refractivity contribution in [3.8, 4) is 0 Å². The molecule has 3 atom stereocenters. The average Bonchev–Trinajstić information content (AvgIpc) is 3.05. The van der Waals surface area contributed by atoms with Crippen LogP contribution < -0.4 is 5.73 Å². The number of unbranched alkanes of at least 4 members (excludes halogenated alkanes) is 16. The van der Waals surface area contributed by atoms with Gasteiger partial charge in [0.25, 0.3) is 0 Å². The van der Waals surface area contributed by atoms with Crippen LogP contribution in [0.3, 0.4) is 0 Å². The summed E-state index contributed by atoms with van der Waals surface area (Å²) in [4.78, 5) is 45.6. The molecule has 0 saturated carbocycles. The second kappa shape index (κ2) is 32.2. The largest absolute Gasteiger partial charge is 0.480 e. The zero-order valence-electron chi connectivity index (χ0n) is 29.8. The van der Waals surface area contributed by atoms with Crippen LogP contribution in [0.15, 0.2) is 24.3 Å². The minimum atomic E-state index is -4.72. The Morgan fingerprint density at radius 3 is 1.71 bits per heavy atom. The van der Waals surface area contributed by atoms with Crippen LogP contribution in [0.1, 0.15) is 155 Å². The van der Waals surface area contributed by atoms with Crippen molar-refractivity contribution in [3.05, 3.63) is 24.3 Å². The molecule has 0 aromatic heterocycles. The van der Waals surface area contributed by atoms with Gasteiger partial charge in [-0.1, -0.05) is 134 Å². The minimum absolute atomic E-state index is 0.0575. The second-order valence-electron chi connectivity index (χ2n) is 12.4. The number of allylic oxidation sites excluding steroid dienone is 4. The Hall–Kier alpha value is -2.04. The topological polar surface area (TPSA) is 172 Å². The molecule has 0 aliphatic heterocycles. The number of carboxylic acids is 1. The van der Waals surface area contributed by atoms with Crippen LogP contribution in [0.25, 0.3) is 0 Å². The number of carbonyl (C=O) groups excluding carboxylic acids is 2. The van der Waals surface area contributed by atoms with Crippen molar-refractivity contribution in [2.75, 3.05) is 19.8 Å². The van der Waals surface area contributed by atoms with Crippen molar-refractivity contribution in [1.82, 2.24) is 0 Å². The third-order valence-corrected chi connectivity index (χ3v) is 8.67. The van der Waals surface area contributed by atoms with Crippen molar-refractivity contribution in [2.24, 2.45) is 5.73 Å². The Kier molecular flexibility index (Phi) is 30.8. The molecule has 2 unspecified atom stereocenters. The normalized spacial score (nSPS) is 14.2. The van der Waals surface area contributed by atoms with Crippen LogP contribution >= 0.6 is 7.82 Å². The van der Waals surface area contributed by atoms with Gasteiger partial charge in [0.05, 0.1) is 13.2 Å². The molecule has 4 N–H and O–H groups in total. The summed E-state index contributed by atoms with van der Waals surface area (Å²) in [7, 11) is -4.72. The number of carbonyl (C=O) groups is 3. The van der Waals surface area contributed by atoms with E-state index in [-0.39, 0.29) is 19.4 Å². The smallest absolute Gasteiger partial charge is 0.472 e. The fourth-order valence-corrected chi connectivity index (χ4v) is 5.54. The number of esters is 2. The van der Waals surface area contributed by atoms with E-state index in [4.69, 9.17) is 24.8 Å². The van der Waals surface area contributed by atoms with Gasteiger partial charge in [-0.2, -0.15) is 0 Å². The summed E-state index contributed by atoms with van der Waals surface area (Å²) in [6.07, 6.45) is 29.9. The minimum Gasteiger partial charge on any atom is -0.480 e. The molecule has 0 fully saturated rings. The number of phosphoric ester groups is 1. The highest BCUT2D eigenvalue weighted by Gasteiger charge is 2.28. The Balaban J connectivity index is 4.55. The number of ether oxygens (including phenoxy) is 2. The molecule has 280 valence electrons. The lowest BCUT2D eigenvalue weighted by Gasteiger charge is -2.20. The summed E-state index contributed by atoms with van der Waals surface area (Å²) in [5, 5.41) is 8.84. The lowest BCUT2D eigenvalue weighted by molar-refractivity contribution is -0.161. The number of carboxylic acid groups (broad SMARTS) is 1. The molecule has 0 bridgehead atoms. The van der Waals surface area contributed by atoms with Crippen LogP contribution in [0, 0.1) is 0 Å². The van der Waals surface area contributed by atoms with E-state index in [1.165, 1.54) is 83.5 Å². The standard InChI is InChI=1S/C36H66NO10P/c1-3-5-7-9-11-13-15-16-18-20-22-24-26-28-35(39)47-32(30-45-48(42,43)46-31-33(37)36(40)41)29-44-34(38)27-25-23-21-19-17-14-12-10-8-6-4-2/h16,18,22,24,32-33H,3-15,17,19-21,23,25-31,37H2,1-2H3,(H,40,41)(H,42,43)/b18-16+,24-22+/t32?,33-/m0/s1. The molecule has 0 radical (unpaired) electrons. The Labute approximate surface area is 290 Å². The first kappa shape index (κ1) is 46.0. The van der Waals surface area contributed by atoms with Crippen LogP contribution in [0.4, 0.5) is 0 Å². The van der Waals surface area contributed by atoms with Gasteiger partial charge in [0, 0.05) is 12.8 Å². The number of hydrogen-bond donors (Lipinski definition) is 3. The average molecular weight is 704 g/mol. The number of hydrogen-bond acceptors (Lipinski definition) is 9. The molecule has 0 heterocycles. The maximum Gasteiger partial charge on any atom is 0.472 e. The van der Waals surface area contributed by atoms with Gasteiger partial charge in [-0.05, 0) is 32.1 Å². The van der Waals surface area contributed by atoms with E-state index in [1.54, 1.807) is 0 Å². The van der Waals surface area contributed by atoms with E-state index in [0.29, 0.717) is 12.8 Å². The van der Waals surface area contributed by atoms with Crippen molar-refractivity contribution in [1.29, 1.82) is 0 Å². The van der Waals surface area contributed by atoms with Gasteiger partial charge < -0.3 is 25.2 Å². The fourth-order valence-electron chi connectivity index (χ4n) is 4.76. The Morgan fingerprint density at radius 2 is 1.15 bits per heavy atom. The first-order chi connectivity index (χ1) is 23.1. The molecule has 0 aromatic rings. The number of nitrogens with two attached hydrogens (primary N) is 1. The monoisotopic (exact) mass is 703 g/mol. The molecule has 0 aliphatic carbocycles. The van der Waals surface area contributed by atoms with E-state index < -0.39 is 51.1 Å². The molecular weight excluding hydrogens is 637 g/mol. The predicted octanol–water partition coefficient (Wildman–Crippen LogP) is 8.72. The van der Waals surface area contributed by atoms with Crippen LogP contribution in [0.5, 0.6) is 0 Å². The summed E-state index contributed by atoms with van der Waals surface area (Å²) >= 11 is 0. The summed E-state index contributed by atoms with van der Waals surface area (Å²) in [5.41, 5.74) is 5.30. The summed E-state index contributed by atoms with van der Waals surface area (Å²) in [5.74, 6) is -2.46. The Morgan fingerprint density at radius 1 is 0.646 bits per heavy atom. The molecule has 12 heteroatoms. The maximum atomic E-state index is 12.5. The van der Waals surface area contributed by atoms with Gasteiger partial charge in [-0.25, -0.2) is 4.57 Å². The van der Waals surface area contributed by atoms with Crippen molar-refractivity contribution in [3.63, 3.8) is 0 Å². The number of rotatable bonds is 34. The zero-order chi connectivity index (χ0) is 35.7. The molecule has 48 heavy (non-hydrogen) atoms. The molecule has 0 aliphatic rings. The highest BCUT2D eigenvalue weighted by atomic mass is 31.2. The zero-order valence-corrected chi connectivity index (χ0v) is 30.7. The van der Waals surface area contributed by atoms with E-state index in [1.807, 2.05) is 12.2 Å². The van der Waals surface area contributed by atoms with Crippen molar-refractivity contribution >= 4 is 25.7 Å². The maximum absolute atomic E-state index is 12.5. The van der Waals surface area contributed by atoms with E-state index in [2.05, 4.69) is 30.5 Å². The summed E-state index contributed by atoms with van der Waals surface area (Å²) in [6.45, 7) is 2.70. The Bertz CT molecular complexity index is 926. The van der Waals surface area contributed by atoms with Crippen molar-refractivity contribution in [2.45, 2.75) is 167 Å². The fraction of sp³-hybridized carbons (Fsp3) is 0.806. The van der Waals surface area contributed by atoms with Gasteiger partial charge >= 0.3 is 25.7 Å². The van der Waals surface area contributed by atoms with Crippen LogP contribution in [0.2, 0.25) is 0 Å². The molecule has 0 saturated heterocycles. The first-order valence-electron chi connectivity index (χ1n) is 18.4. The number of aliphatic carboxylic acids is 1. The lowest BCUT2D eigenvalue weighted by atomic mass is 10.1. The van der Waals surface area contributed by atoms with E-state index >= 15 is 0 Å². The van der Waals surface area contributed by atoms with E-state index in [0.717, 1.165) is 32.1 Å². The highest BCUT2D eigenvalue weighted by Crippen LogP contribution is 2.43. The van der Waals surface area contributed by atoms with Crippen LogP contribution in [-0.2, 0) is 37.5 Å². The van der Waals surface area contributed by atoms with Gasteiger partial charge in [0.2, 0.25) is 0 Å². The molecular formula is C36H66NO10P. The first-order valence-corrected chi connectivity index (χ1v) is 19.9. The van der Waals surface area contributed by atoms with Gasteiger partial charge in [0.15, 0.2) is 6.10 Å². The molecule has 0 spiro atoms. The van der Waals surface area contributed by atoms with Crippen molar-refractivity contribution < 1.29 is 47.5 Å². The SMILES string of the molecule is CCCCCCCC/C=C/C/C=C/CCC(=O)OC(COC(=O)CCCCCCCCCCCCC)COP(=O)(O)OC[C@H](N)C(=O)O. The third kappa shape index (κ3) is 31.2. The lowest BCUT2D eigenvalue weighted by Crippen LogP contribution is -2.34.